The van der Waals surface area contributed by atoms with E-state index >= 15 is 0 Å². The first-order chi connectivity index (χ1) is 9.15. The molecule has 0 saturated heterocycles. The van der Waals surface area contributed by atoms with Gasteiger partial charge in [0.05, 0.1) is 10.5 Å². The van der Waals surface area contributed by atoms with Crippen LogP contribution in [0.3, 0.4) is 0 Å². The summed E-state index contributed by atoms with van der Waals surface area (Å²) in [5, 5.41) is 10.4. The molecule has 0 unspecified atom stereocenters. The molecule has 0 aliphatic rings. The number of phenols is 1. The van der Waals surface area contributed by atoms with Crippen LogP contribution >= 0.6 is 11.6 Å². The second-order valence-electron chi connectivity index (χ2n) is 4.19. The Morgan fingerprint density at radius 2 is 1.95 bits per heavy atom. The van der Waals surface area contributed by atoms with E-state index in [4.69, 9.17) is 11.6 Å². The van der Waals surface area contributed by atoms with Crippen molar-refractivity contribution in [2.75, 3.05) is 0 Å². The van der Waals surface area contributed by atoms with Crippen LogP contribution in [-0.4, -0.2) is 10.1 Å². The lowest BCUT2D eigenvalue weighted by Crippen LogP contribution is -1.87. The molecule has 94 valence electrons. The highest BCUT2D eigenvalue weighted by Crippen LogP contribution is 2.33. The fraction of sp³-hybridized carbons (Fsp3) is 0. The highest BCUT2D eigenvalue weighted by atomic mass is 35.5. The van der Waals surface area contributed by atoms with Crippen LogP contribution in [0.15, 0.2) is 48.7 Å². The number of benzene rings is 2. The Balaban J connectivity index is 2.32. The predicted octanol–water partition coefficient (Wildman–Crippen LogP) is 4.40. The molecule has 0 aliphatic heterocycles. The van der Waals surface area contributed by atoms with Gasteiger partial charge in [-0.05, 0) is 35.9 Å². The molecule has 0 bridgehead atoms. The van der Waals surface area contributed by atoms with E-state index in [0.717, 1.165) is 5.39 Å². The van der Waals surface area contributed by atoms with Crippen LogP contribution in [0.5, 0.6) is 5.75 Å². The maximum absolute atomic E-state index is 13.7. The molecule has 2 aromatic carbocycles. The average molecular weight is 274 g/mol. The van der Waals surface area contributed by atoms with Crippen molar-refractivity contribution in [1.29, 1.82) is 0 Å². The van der Waals surface area contributed by atoms with Gasteiger partial charge in [-0.3, -0.25) is 4.98 Å². The van der Waals surface area contributed by atoms with Gasteiger partial charge in [-0.15, -0.1) is 0 Å². The second-order valence-corrected chi connectivity index (χ2v) is 4.60. The number of hydrogen-bond donors (Lipinski definition) is 1. The average Bonchev–Trinajstić information content (AvgIpc) is 2.41. The van der Waals surface area contributed by atoms with Crippen molar-refractivity contribution in [1.82, 2.24) is 4.98 Å². The minimum atomic E-state index is -0.334. The van der Waals surface area contributed by atoms with Crippen molar-refractivity contribution in [3.63, 3.8) is 0 Å². The van der Waals surface area contributed by atoms with E-state index in [1.165, 1.54) is 18.2 Å². The largest absolute Gasteiger partial charge is 0.506 e. The first-order valence-corrected chi connectivity index (χ1v) is 6.06. The number of fused-ring (bicyclic) bond motifs is 1. The Morgan fingerprint density at radius 3 is 2.74 bits per heavy atom. The molecular weight excluding hydrogens is 265 g/mol. The zero-order valence-corrected chi connectivity index (χ0v) is 10.5. The van der Waals surface area contributed by atoms with Gasteiger partial charge in [-0.2, -0.15) is 0 Å². The van der Waals surface area contributed by atoms with Gasteiger partial charge in [0.15, 0.2) is 0 Å². The number of aromatic hydroxyl groups is 1. The zero-order valence-electron chi connectivity index (χ0n) is 9.77. The highest BCUT2D eigenvalue weighted by Gasteiger charge is 2.09. The Morgan fingerprint density at radius 1 is 1.11 bits per heavy atom. The molecule has 0 amide bonds. The van der Waals surface area contributed by atoms with Gasteiger partial charge in [0.25, 0.3) is 0 Å². The minimum absolute atomic E-state index is 0.000848. The molecule has 0 radical (unpaired) electrons. The van der Waals surface area contributed by atoms with Crippen LogP contribution in [0.25, 0.3) is 22.0 Å². The van der Waals surface area contributed by atoms with Crippen LogP contribution in [0.1, 0.15) is 0 Å². The number of nitrogens with zero attached hydrogens (tertiary/aromatic N) is 1. The van der Waals surface area contributed by atoms with Crippen molar-refractivity contribution in [3.8, 4) is 16.9 Å². The van der Waals surface area contributed by atoms with Crippen molar-refractivity contribution in [3.05, 3.63) is 59.5 Å². The molecule has 3 aromatic rings. The quantitative estimate of drug-likeness (QED) is 0.713. The molecular formula is C15H9ClFNO. The van der Waals surface area contributed by atoms with E-state index in [-0.39, 0.29) is 16.6 Å². The summed E-state index contributed by atoms with van der Waals surface area (Å²) in [4.78, 5) is 4.28. The number of hydrogen-bond acceptors (Lipinski definition) is 2. The van der Waals surface area contributed by atoms with Crippen molar-refractivity contribution in [2.45, 2.75) is 0 Å². The highest BCUT2D eigenvalue weighted by molar-refractivity contribution is 6.32. The standard InChI is InChI=1S/C15H9ClFNO/c16-13-7-9(3-4-14(13)19)12-8-11(17)6-10-2-1-5-18-15(10)12/h1-8,19H. The van der Waals surface area contributed by atoms with Gasteiger partial charge in [0.1, 0.15) is 11.6 Å². The van der Waals surface area contributed by atoms with Gasteiger partial charge in [0.2, 0.25) is 0 Å². The Kier molecular flexibility index (Phi) is 2.84. The maximum Gasteiger partial charge on any atom is 0.134 e. The molecule has 0 atom stereocenters. The van der Waals surface area contributed by atoms with Crippen molar-refractivity contribution in [2.24, 2.45) is 0 Å². The molecule has 1 aromatic heterocycles. The number of halogens is 2. The lowest BCUT2D eigenvalue weighted by molar-refractivity contribution is 0.475. The van der Waals surface area contributed by atoms with Crippen LogP contribution in [0, 0.1) is 5.82 Å². The first kappa shape index (κ1) is 11.9. The summed E-state index contributed by atoms with van der Waals surface area (Å²) in [6.07, 6.45) is 1.66. The molecule has 1 heterocycles. The monoisotopic (exact) mass is 273 g/mol. The van der Waals surface area contributed by atoms with Crippen LogP contribution < -0.4 is 0 Å². The van der Waals surface area contributed by atoms with Gasteiger partial charge in [0, 0.05) is 17.1 Å². The third-order valence-corrected chi connectivity index (χ3v) is 3.23. The zero-order chi connectivity index (χ0) is 13.4. The number of aromatic nitrogens is 1. The van der Waals surface area contributed by atoms with E-state index in [9.17, 15) is 9.50 Å². The fourth-order valence-electron chi connectivity index (χ4n) is 2.05. The van der Waals surface area contributed by atoms with E-state index < -0.39 is 0 Å². The van der Waals surface area contributed by atoms with Gasteiger partial charge in [-0.25, -0.2) is 4.39 Å². The lowest BCUT2D eigenvalue weighted by Gasteiger charge is -2.07. The van der Waals surface area contributed by atoms with Crippen LogP contribution in [-0.2, 0) is 0 Å². The van der Waals surface area contributed by atoms with Crippen molar-refractivity contribution < 1.29 is 9.50 Å². The van der Waals surface area contributed by atoms with E-state index in [1.54, 1.807) is 30.5 Å². The third kappa shape index (κ3) is 2.13. The van der Waals surface area contributed by atoms with Gasteiger partial charge >= 0.3 is 0 Å². The van der Waals surface area contributed by atoms with Gasteiger partial charge in [-0.1, -0.05) is 23.7 Å². The molecule has 0 saturated carbocycles. The van der Waals surface area contributed by atoms with Crippen LogP contribution in [0.4, 0.5) is 4.39 Å². The molecule has 0 spiro atoms. The molecule has 4 heteroatoms. The van der Waals surface area contributed by atoms with Crippen molar-refractivity contribution >= 4 is 22.5 Å². The van der Waals surface area contributed by atoms with Gasteiger partial charge < -0.3 is 5.11 Å². The van der Waals surface area contributed by atoms with E-state index in [2.05, 4.69) is 4.98 Å². The smallest absolute Gasteiger partial charge is 0.134 e. The Hall–Kier alpha value is -2.13. The summed E-state index contributed by atoms with van der Waals surface area (Å²) in [6.45, 7) is 0. The Labute approximate surface area is 114 Å². The second kappa shape index (κ2) is 4.52. The first-order valence-electron chi connectivity index (χ1n) is 5.68. The number of rotatable bonds is 1. The molecule has 3 rings (SSSR count). The molecule has 19 heavy (non-hydrogen) atoms. The van der Waals surface area contributed by atoms with E-state index in [1.807, 2.05) is 0 Å². The molecule has 0 aliphatic carbocycles. The predicted molar refractivity (Wildman–Crippen MR) is 73.8 cm³/mol. The summed E-state index contributed by atoms with van der Waals surface area (Å²) in [5.74, 6) is -0.334. The molecule has 0 fully saturated rings. The number of pyridine rings is 1. The normalized spacial score (nSPS) is 10.8. The summed E-state index contributed by atoms with van der Waals surface area (Å²) in [7, 11) is 0. The lowest BCUT2D eigenvalue weighted by atomic mass is 10.0. The fourth-order valence-corrected chi connectivity index (χ4v) is 2.23. The number of phenolic OH excluding ortho intramolecular Hbond substituents is 1. The molecule has 1 N–H and O–H groups in total. The summed E-state index contributed by atoms with van der Waals surface area (Å²) < 4.78 is 13.7. The Bertz CT molecular complexity index is 773. The minimum Gasteiger partial charge on any atom is -0.506 e. The SMILES string of the molecule is Oc1ccc(-c2cc(F)cc3cccnc23)cc1Cl. The molecule has 2 nitrogen and oxygen atoms in total. The summed E-state index contributed by atoms with van der Waals surface area (Å²) >= 11 is 5.89. The maximum atomic E-state index is 13.7. The topological polar surface area (TPSA) is 33.1 Å². The van der Waals surface area contributed by atoms with E-state index in [0.29, 0.717) is 16.6 Å². The third-order valence-electron chi connectivity index (χ3n) is 2.93. The summed E-state index contributed by atoms with van der Waals surface area (Å²) in [5.41, 5.74) is 2.06. The van der Waals surface area contributed by atoms with Crippen LogP contribution in [0.2, 0.25) is 5.02 Å². The summed E-state index contributed by atoms with van der Waals surface area (Å²) in [6, 6.07) is 11.2.